The summed E-state index contributed by atoms with van der Waals surface area (Å²) in [6.07, 6.45) is 0. The lowest BCUT2D eigenvalue weighted by molar-refractivity contribution is 0.197. The van der Waals surface area contributed by atoms with Crippen molar-refractivity contribution >= 4 is 26.7 Å². The maximum absolute atomic E-state index is 11.5. The molecule has 0 aliphatic heterocycles. The Morgan fingerprint density at radius 1 is 1.31 bits per heavy atom. The third-order valence-electron chi connectivity index (χ3n) is 1.82. The zero-order valence-electron chi connectivity index (χ0n) is 8.56. The van der Waals surface area contributed by atoms with Crippen molar-refractivity contribution in [1.29, 1.82) is 0 Å². The molecule has 0 bridgehead atoms. The van der Waals surface area contributed by atoms with Crippen molar-refractivity contribution in [2.24, 2.45) is 0 Å². The van der Waals surface area contributed by atoms with Crippen LogP contribution in [0.1, 0.15) is 0 Å². The Labute approximate surface area is 97.8 Å². The number of rotatable bonds is 2. The van der Waals surface area contributed by atoms with E-state index in [1.165, 1.54) is 19.2 Å². The van der Waals surface area contributed by atoms with Gasteiger partial charge in [0.2, 0.25) is 0 Å². The van der Waals surface area contributed by atoms with Gasteiger partial charge < -0.3 is 9.47 Å². The van der Waals surface area contributed by atoms with Gasteiger partial charge in [0.25, 0.3) is 9.84 Å². The van der Waals surface area contributed by atoms with E-state index in [0.717, 1.165) is 13.2 Å². The number of ether oxygens (including phenoxy) is 2. The fraction of sp³-hybridized carbons (Fsp3) is 0.222. The van der Waals surface area contributed by atoms with Gasteiger partial charge in [0.15, 0.2) is 0 Å². The molecule has 1 rings (SSSR count). The number of carbonyl (C=O) groups excluding carboxylic acids is 1. The quantitative estimate of drug-likeness (QED) is 0.763. The van der Waals surface area contributed by atoms with Crippen molar-refractivity contribution in [3.63, 3.8) is 0 Å². The Morgan fingerprint density at radius 2 is 1.94 bits per heavy atom. The molecule has 0 aromatic heterocycles. The molecule has 0 heterocycles. The zero-order valence-corrected chi connectivity index (χ0v) is 10.1. The molecule has 1 aromatic rings. The minimum atomic E-state index is -4.14. The van der Waals surface area contributed by atoms with Crippen LogP contribution < -0.4 is 4.74 Å². The molecule has 7 heteroatoms. The lowest BCUT2D eigenvalue weighted by Gasteiger charge is -2.05. The molecule has 0 saturated heterocycles. The van der Waals surface area contributed by atoms with Gasteiger partial charge in [-0.2, -0.15) is 0 Å². The highest BCUT2D eigenvalue weighted by molar-refractivity contribution is 8.05. The second kappa shape index (κ2) is 4.71. The monoisotopic (exact) mass is 264 g/mol. The standard InChI is InChI=1S/C9H9ClO5S/c1-14-8-4-3-6(5-7(8)10)16(12,13)9(11)15-2/h3-5H,1-2H3. The first kappa shape index (κ1) is 12.8. The largest absolute Gasteiger partial charge is 0.495 e. The summed E-state index contributed by atoms with van der Waals surface area (Å²) in [5, 5.41) is -1.22. The summed E-state index contributed by atoms with van der Waals surface area (Å²) in [6, 6.07) is 3.71. The molecule has 0 aliphatic rings. The summed E-state index contributed by atoms with van der Waals surface area (Å²) in [5.74, 6) is 0.325. The predicted octanol–water partition coefficient (Wildman–Crippen LogP) is 1.89. The lowest BCUT2D eigenvalue weighted by atomic mass is 10.3. The number of benzene rings is 1. The van der Waals surface area contributed by atoms with Gasteiger partial charge in [-0.1, -0.05) is 11.6 Å². The normalized spacial score (nSPS) is 10.9. The van der Waals surface area contributed by atoms with Crippen LogP contribution in [0.4, 0.5) is 4.79 Å². The highest BCUT2D eigenvalue weighted by atomic mass is 35.5. The van der Waals surface area contributed by atoms with Crippen LogP contribution in [0.25, 0.3) is 0 Å². The minimum absolute atomic E-state index is 0.104. The molecule has 0 N–H and O–H groups in total. The highest BCUT2D eigenvalue weighted by Gasteiger charge is 2.26. The Hall–Kier alpha value is -1.27. The third kappa shape index (κ3) is 2.28. The first-order chi connectivity index (χ1) is 7.43. The second-order valence-corrected chi connectivity index (χ2v) is 4.97. The van der Waals surface area contributed by atoms with E-state index >= 15 is 0 Å². The van der Waals surface area contributed by atoms with E-state index in [9.17, 15) is 13.2 Å². The summed E-state index contributed by atoms with van der Waals surface area (Å²) in [6.45, 7) is 0. The van der Waals surface area contributed by atoms with Crippen molar-refractivity contribution in [3.8, 4) is 5.75 Å². The van der Waals surface area contributed by atoms with Crippen LogP contribution in [0.5, 0.6) is 5.75 Å². The van der Waals surface area contributed by atoms with Gasteiger partial charge in [0, 0.05) is 0 Å². The third-order valence-corrected chi connectivity index (χ3v) is 3.60. The van der Waals surface area contributed by atoms with Crippen LogP contribution in [0.15, 0.2) is 23.1 Å². The summed E-state index contributed by atoms with van der Waals surface area (Å²) in [4.78, 5) is 10.8. The summed E-state index contributed by atoms with van der Waals surface area (Å²) in [5.41, 5.74) is 0. The van der Waals surface area contributed by atoms with Crippen LogP contribution in [-0.4, -0.2) is 27.9 Å². The predicted molar refractivity (Wildman–Crippen MR) is 57.6 cm³/mol. The van der Waals surface area contributed by atoms with E-state index in [1.807, 2.05) is 0 Å². The first-order valence-electron chi connectivity index (χ1n) is 4.10. The van der Waals surface area contributed by atoms with Crippen LogP contribution in [0.3, 0.4) is 0 Å². The number of halogens is 1. The zero-order chi connectivity index (χ0) is 12.3. The average Bonchev–Trinajstić information content (AvgIpc) is 2.27. The fourth-order valence-corrected chi connectivity index (χ4v) is 2.27. The maximum atomic E-state index is 11.5. The Bertz CT molecular complexity index is 509. The average molecular weight is 265 g/mol. The summed E-state index contributed by atoms with van der Waals surface area (Å²) < 4.78 is 32.1. The highest BCUT2D eigenvalue weighted by Crippen LogP contribution is 2.27. The van der Waals surface area contributed by atoms with Crippen molar-refractivity contribution in [3.05, 3.63) is 23.2 Å². The van der Waals surface area contributed by atoms with Gasteiger partial charge in [-0.15, -0.1) is 0 Å². The molecule has 0 amide bonds. The van der Waals surface area contributed by atoms with Crippen LogP contribution in [0.2, 0.25) is 5.02 Å². The molecule has 0 unspecified atom stereocenters. The molecular weight excluding hydrogens is 256 g/mol. The minimum Gasteiger partial charge on any atom is -0.495 e. The van der Waals surface area contributed by atoms with Crippen LogP contribution in [-0.2, 0) is 14.6 Å². The number of sulfone groups is 1. The molecular formula is C9H9ClO5S. The van der Waals surface area contributed by atoms with E-state index < -0.39 is 15.1 Å². The van der Waals surface area contributed by atoms with Gasteiger partial charge >= 0.3 is 5.30 Å². The van der Waals surface area contributed by atoms with E-state index in [2.05, 4.69) is 4.74 Å². The van der Waals surface area contributed by atoms with Gasteiger partial charge in [0.1, 0.15) is 5.75 Å². The van der Waals surface area contributed by atoms with E-state index in [1.54, 1.807) is 0 Å². The molecule has 5 nitrogen and oxygen atoms in total. The van der Waals surface area contributed by atoms with Crippen molar-refractivity contribution in [2.45, 2.75) is 4.90 Å². The molecule has 0 radical (unpaired) electrons. The topological polar surface area (TPSA) is 69.7 Å². The SMILES string of the molecule is COC(=O)S(=O)(=O)c1ccc(OC)c(Cl)c1. The first-order valence-corrected chi connectivity index (χ1v) is 5.96. The molecule has 0 atom stereocenters. The van der Waals surface area contributed by atoms with Gasteiger partial charge in [-0.25, -0.2) is 13.2 Å². The maximum Gasteiger partial charge on any atom is 0.429 e. The van der Waals surface area contributed by atoms with Gasteiger partial charge in [0.05, 0.1) is 24.1 Å². The molecule has 0 spiro atoms. The van der Waals surface area contributed by atoms with E-state index in [-0.39, 0.29) is 9.92 Å². The van der Waals surface area contributed by atoms with Crippen molar-refractivity contribution in [2.75, 3.05) is 14.2 Å². The Balaban J connectivity index is 3.26. The Morgan fingerprint density at radius 3 is 2.38 bits per heavy atom. The van der Waals surface area contributed by atoms with Crippen molar-refractivity contribution in [1.82, 2.24) is 0 Å². The van der Waals surface area contributed by atoms with E-state index in [0.29, 0.717) is 5.75 Å². The molecule has 88 valence electrons. The number of hydrogen-bond acceptors (Lipinski definition) is 5. The molecule has 16 heavy (non-hydrogen) atoms. The molecule has 0 fully saturated rings. The number of methoxy groups -OCH3 is 2. The molecule has 1 aromatic carbocycles. The molecule has 0 saturated carbocycles. The summed E-state index contributed by atoms with van der Waals surface area (Å²) >= 11 is 5.74. The number of carbonyl (C=O) groups is 1. The second-order valence-electron chi connectivity index (χ2n) is 2.75. The lowest BCUT2D eigenvalue weighted by Crippen LogP contribution is -2.14. The van der Waals surface area contributed by atoms with Gasteiger partial charge in [-0.3, -0.25) is 0 Å². The number of hydrogen-bond donors (Lipinski definition) is 0. The van der Waals surface area contributed by atoms with Crippen molar-refractivity contribution < 1.29 is 22.7 Å². The molecule has 0 aliphatic carbocycles. The van der Waals surface area contributed by atoms with E-state index in [4.69, 9.17) is 16.3 Å². The van der Waals surface area contributed by atoms with Crippen LogP contribution in [0, 0.1) is 0 Å². The Kier molecular flexibility index (Phi) is 3.77. The summed E-state index contributed by atoms with van der Waals surface area (Å²) in [7, 11) is -1.75. The fourth-order valence-electron chi connectivity index (χ4n) is 1.02. The van der Waals surface area contributed by atoms with Crippen LogP contribution >= 0.6 is 11.6 Å². The van der Waals surface area contributed by atoms with Gasteiger partial charge in [-0.05, 0) is 18.2 Å². The smallest absolute Gasteiger partial charge is 0.429 e.